The van der Waals surface area contributed by atoms with Crippen molar-refractivity contribution in [1.82, 2.24) is 0 Å². The Morgan fingerprint density at radius 1 is 0.489 bits per heavy atom. The predicted molar refractivity (Wildman–Crippen MR) is 160 cm³/mol. The lowest BCUT2D eigenvalue weighted by Crippen LogP contribution is -2.63. The highest BCUT2D eigenvalue weighted by atomic mass is 32.2. The van der Waals surface area contributed by atoms with Crippen molar-refractivity contribution in [2.24, 2.45) is 0 Å². The van der Waals surface area contributed by atoms with Gasteiger partial charge >= 0.3 is 33.4 Å². The maximum Gasteiger partial charge on any atom is 0.460 e. The van der Waals surface area contributed by atoms with Crippen molar-refractivity contribution in [2.45, 2.75) is 23.3 Å². The molecule has 0 atom stereocenters. The number of rotatable bonds is 7. The molecule has 0 aliphatic carbocycles. The van der Waals surface area contributed by atoms with Gasteiger partial charge in [-0.15, -0.1) is 0 Å². The van der Waals surface area contributed by atoms with Crippen LogP contribution in [-0.2, 0) is 10.1 Å². The van der Waals surface area contributed by atoms with Crippen LogP contribution >= 0.6 is 0 Å². The Morgan fingerprint density at radius 3 is 1.57 bits per heavy atom. The van der Waals surface area contributed by atoms with Crippen molar-refractivity contribution in [3.63, 3.8) is 0 Å². The average molecular weight is 679 g/mol. The maximum atomic E-state index is 14.4. The highest BCUT2D eigenvalue weighted by molar-refractivity contribution is 7.88. The molecule has 0 spiro atoms. The van der Waals surface area contributed by atoms with Gasteiger partial charge in [-0.25, -0.2) is 0 Å². The van der Waals surface area contributed by atoms with Crippen LogP contribution in [0.15, 0.2) is 115 Å². The minimum atomic E-state index is -7.41. The highest BCUT2D eigenvalue weighted by Crippen LogP contribution is 2.55. The Labute approximate surface area is 260 Å². The van der Waals surface area contributed by atoms with E-state index >= 15 is 0 Å². The van der Waals surface area contributed by atoms with E-state index in [0.29, 0.717) is 10.8 Å². The SMILES string of the molecule is O=S(=O)(Oc1ccc2c(ccc3c4ccccc4c(-c4ccccc4)c(-c4ccccc4)c23)c1)C(F)(F)C(F)(F)C(F)(F)C(F)(F)F. The summed E-state index contributed by atoms with van der Waals surface area (Å²) < 4.78 is 150. The van der Waals surface area contributed by atoms with Crippen molar-refractivity contribution >= 4 is 42.4 Å². The molecule has 3 nitrogen and oxygen atoms in total. The van der Waals surface area contributed by atoms with Gasteiger partial charge in [-0.1, -0.05) is 97.1 Å². The summed E-state index contributed by atoms with van der Waals surface area (Å²) in [5.41, 5.74) is 3.22. The molecule has 0 unspecified atom stereocenters. The van der Waals surface area contributed by atoms with Crippen molar-refractivity contribution in [3.8, 4) is 28.0 Å². The first-order chi connectivity index (χ1) is 22.0. The Hall–Kier alpha value is -4.78. The van der Waals surface area contributed by atoms with Crippen LogP contribution in [0, 0.1) is 0 Å². The van der Waals surface area contributed by atoms with Gasteiger partial charge in [0.2, 0.25) is 0 Å². The third-order valence-electron chi connectivity index (χ3n) is 7.74. The molecule has 0 aliphatic heterocycles. The van der Waals surface area contributed by atoms with E-state index in [0.717, 1.165) is 50.5 Å². The summed E-state index contributed by atoms with van der Waals surface area (Å²) in [5, 5.41) is -3.27. The molecule has 0 amide bonds. The quantitative estimate of drug-likeness (QED) is 0.0959. The lowest BCUT2D eigenvalue weighted by molar-refractivity contribution is -0.382. The zero-order valence-corrected chi connectivity index (χ0v) is 24.3. The van der Waals surface area contributed by atoms with Gasteiger partial charge in [0, 0.05) is 0 Å². The molecule has 0 radical (unpaired) electrons. The molecule has 0 saturated heterocycles. The molecule has 6 aromatic rings. The van der Waals surface area contributed by atoms with Crippen LogP contribution in [0.4, 0.5) is 39.5 Å². The Bertz CT molecular complexity index is 2250. The van der Waals surface area contributed by atoms with Gasteiger partial charge in [0.25, 0.3) is 0 Å². The topological polar surface area (TPSA) is 43.4 Å². The summed E-state index contributed by atoms with van der Waals surface area (Å²) in [5.74, 6) is -15.8. The molecule has 0 heterocycles. The molecule has 242 valence electrons. The van der Waals surface area contributed by atoms with E-state index in [1.807, 2.05) is 84.9 Å². The van der Waals surface area contributed by atoms with E-state index in [-0.39, 0.29) is 5.39 Å². The smallest absolute Gasteiger partial charge is 0.378 e. The number of halogens is 9. The second kappa shape index (κ2) is 10.9. The third-order valence-corrected chi connectivity index (χ3v) is 9.03. The first-order valence-corrected chi connectivity index (χ1v) is 15.1. The van der Waals surface area contributed by atoms with Crippen LogP contribution < -0.4 is 4.18 Å². The molecular weight excluding hydrogens is 659 g/mol. The maximum absolute atomic E-state index is 14.4. The van der Waals surface area contributed by atoms with Crippen molar-refractivity contribution < 1.29 is 52.1 Å². The zero-order chi connectivity index (χ0) is 34.0. The first-order valence-electron chi connectivity index (χ1n) is 13.7. The molecule has 0 saturated carbocycles. The summed E-state index contributed by atoms with van der Waals surface area (Å²) >= 11 is 0. The van der Waals surface area contributed by atoms with Gasteiger partial charge in [0.05, 0.1) is 0 Å². The summed E-state index contributed by atoms with van der Waals surface area (Å²) in [6, 6.07) is 32.3. The molecular formula is C34H19F9O3S. The van der Waals surface area contributed by atoms with Crippen molar-refractivity contribution in [1.29, 1.82) is 0 Å². The van der Waals surface area contributed by atoms with Gasteiger partial charge in [0.15, 0.2) is 0 Å². The predicted octanol–water partition coefficient (Wildman–Crippen LogP) is 10.6. The molecule has 6 aromatic carbocycles. The Morgan fingerprint density at radius 2 is 1.00 bits per heavy atom. The van der Waals surface area contributed by atoms with Gasteiger partial charge in [-0.3, -0.25) is 0 Å². The highest BCUT2D eigenvalue weighted by Gasteiger charge is 2.86. The average Bonchev–Trinajstić information content (AvgIpc) is 3.03. The number of fused-ring (bicyclic) bond motifs is 5. The van der Waals surface area contributed by atoms with E-state index in [2.05, 4.69) is 4.18 Å². The van der Waals surface area contributed by atoms with Gasteiger partial charge in [0.1, 0.15) is 5.75 Å². The third kappa shape index (κ3) is 4.95. The minimum absolute atomic E-state index is 0.160. The summed E-state index contributed by atoms with van der Waals surface area (Å²) in [7, 11) is -7.11. The van der Waals surface area contributed by atoms with Gasteiger partial charge in [-0.2, -0.15) is 47.9 Å². The number of alkyl halides is 9. The lowest BCUT2D eigenvalue weighted by atomic mass is 9.83. The number of hydrogen-bond acceptors (Lipinski definition) is 3. The van der Waals surface area contributed by atoms with Crippen LogP contribution in [0.5, 0.6) is 5.75 Å². The zero-order valence-electron chi connectivity index (χ0n) is 23.5. The lowest BCUT2D eigenvalue weighted by Gasteiger charge is -2.32. The first kappa shape index (κ1) is 32.2. The second-order valence-corrected chi connectivity index (χ2v) is 12.2. The summed E-state index contributed by atoms with van der Waals surface area (Å²) in [4.78, 5) is 0. The molecule has 0 aromatic heterocycles. The molecule has 13 heteroatoms. The van der Waals surface area contributed by atoms with Crippen molar-refractivity contribution in [2.75, 3.05) is 0 Å². The van der Waals surface area contributed by atoms with E-state index in [4.69, 9.17) is 0 Å². The van der Waals surface area contributed by atoms with Crippen molar-refractivity contribution in [3.05, 3.63) is 115 Å². The minimum Gasteiger partial charge on any atom is -0.378 e. The fourth-order valence-electron chi connectivity index (χ4n) is 5.54. The van der Waals surface area contributed by atoms with Crippen LogP contribution in [0.3, 0.4) is 0 Å². The Kier molecular flexibility index (Phi) is 7.46. The molecule has 0 aliphatic rings. The van der Waals surface area contributed by atoms with Gasteiger partial charge < -0.3 is 4.18 Å². The summed E-state index contributed by atoms with van der Waals surface area (Å²) in [6.07, 6.45) is -7.20. The molecule has 0 bridgehead atoms. The monoisotopic (exact) mass is 678 g/mol. The van der Waals surface area contributed by atoms with Crippen LogP contribution in [-0.4, -0.2) is 31.7 Å². The van der Waals surface area contributed by atoms with E-state index in [1.54, 1.807) is 6.07 Å². The number of benzene rings is 6. The molecule has 47 heavy (non-hydrogen) atoms. The van der Waals surface area contributed by atoms with Crippen LogP contribution in [0.1, 0.15) is 0 Å². The molecule has 0 N–H and O–H groups in total. The molecule has 0 fully saturated rings. The Balaban J connectivity index is 1.58. The van der Waals surface area contributed by atoms with Crippen LogP contribution in [0.2, 0.25) is 0 Å². The summed E-state index contributed by atoms with van der Waals surface area (Å²) in [6.45, 7) is 0. The number of hydrogen-bond donors (Lipinski definition) is 0. The van der Waals surface area contributed by atoms with E-state index in [1.165, 1.54) is 12.1 Å². The van der Waals surface area contributed by atoms with Gasteiger partial charge in [-0.05, 0) is 72.8 Å². The van der Waals surface area contributed by atoms with E-state index < -0.39 is 39.1 Å². The fraction of sp³-hybridized carbons (Fsp3) is 0.118. The fourth-order valence-corrected chi connectivity index (χ4v) is 6.45. The second-order valence-electron chi connectivity index (χ2n) is 10.6. The standard InChI is InChI=1S/C34H19F9O3S/c35-31(36,33(39,40)41)32(37,38)34(42,43)47(44,45)46-23-16-18-24-22(19-23)15-17-27-25-13-7-8-14-26(25)28(20-9-3-1-4-10-20)29(30(24)27)21-11-5-2-6-12-21/h1-19H. The normalized spacial score (nSPS) is 13.4. The molecule has 6 rings (SSSR count). The largest absolute Gasteiger partial charge is 0.460 e. The van der Waals surface area contributed by atoms with E-state index in [9.17, 15) is 47.9 Å². The van der Waals surface area contributed by atoms with Crippen LogP contribution in [0.25, 0.3) is 54.6 Å².